The molecule has 1 aliphatic rings. The van der Waals surface area contributed by atoms with Gasteiger partial charge in [0, 0.05) is 48.4 Å². The normalized spacial score (nSPS) is 14.9. The molecular formula is C20H19F3N2O2. The van der Waals surface area contributed by atoms with Gasteiger partial charge in [0.2, 0.25) is 5.91 Å². The number of halogens is 3. The van der Waals surface area contributed by atoms with Gasteiger partial charge in [0.25, 0.3) is 0 Å². The van der Waals surface area contributed by atoms with E-state index in [-0.39, 0.29) is 23.9 Å². The number of benzene rings is 2. The van der Waals surface area contributed by atoms with Crippen molar-refractivity contribution in [2.75, 3.05) is 18.0 Å². The second-order valence-electron chi connectivity index (χ2n) is 6.55. The number of anilines is 1. The van der Waals surface area contributed by atoms with Crippen LogP contribution in [0.4, 0.5) is 18.9 Å². The molecule has 1 amide bonds. The van der Waals surface area contributed by atoms with Crippen molar-refractivity contribution in [3.63, 3.8) is 0 Å². The van der Waals surface area contributed by atoms with E-state index in [2.05, 4.69) is 10.2 Å². The lowest BCUT2D eigenvalue weighted by Crippen LogP contribution is -2.40. The molecule has 3 rings (SSSR count). The molecule has 1 saturated heterocycles. The molecule has 1 fully saturated rings. The molecule has 1 N–H and O–H groups in total. The van der Waals surface area contributed by atoms with Gasteiger partial charge in [-0.2, -0.15) is 0 Å². The fraction of sp³-hybridized carbons (Fsp3) is 0.300. The molecule has 0 atom stereocenters. The van der Waals surface area contributed by atoms with Gasteiger partial charge >= 0.3 is 0 Å². The molecule has 142 valence electrons. The molecule has 2 aromatic rings. The summed E-state index contributed by atoms with van der Waals surface area (Å²) in [5.74, 6) is -3.73. The van der Waals surface area contributed by atoms with Crippen LogP contribution in [0.25, 0.3) is 0 Å². The molecule has 27 heavy (non-hydrogen) atoms. The van der Waals surface area contributed by atoms with Gasteiger partial charge in [-0.15, -0.1) is 0 Å². The van der Waals surface area contributed by atoms with Crippen molar-refractivity contribution in [3.05, 3.63) is 65.0 Å². The van der Waals surface area contributed by atoms with Crippen LogP contribution in [0.3, 0.4) is 0 Å². The lowest BCUT2D eigenvalue weighted by atomic mass is 9.95. The number of nitrogens with one attached hydrogen (secondary N) is 1. The molecule has 4 nitrogen and oxygen atoms in total. The SMILES string of the molecule is O=Cc1ccc(N2CCC(C(=O)NCc3cc(F)c(F)cc3F)CC2)cc1. The van der Waals surface area contributed by atoms with Gasteiger partial charge in [0.15, 0.2) is 11.6 Å². The minimum Gasteiger partial charge on any atom is -0.371 e. The first-order chi connectivity index (χ1) is 13.0. The Bertz CT molecular complexity index is 832. The Kier molecular flexibility index (Phi) is 5.78. The van der Waals surface area contributed by atoms with Crippen molar-refractivity contribution in [2.24, 2.45) is 5.92 Å². The fourth-order valence-corrected chi connectivity index (χ4v) is 3.19. The van der Waals surface area contributed by atoms with Crippen LogP contribution in [-0.2, 0) is 11.3 Å². The highest BCUT2D eigenvalue weighted by molar-refractivity contribution is 5.79. The zero-order valence-electron chi connectivity index (χ0n) is 14.6. The molecule has 0 aromatic heterocycles. The molecule has 0 spiro atoms. The van der Waals surface area contributed by atoms with Crippen molar-refractivity contribution in [2.45, 2.75) is 19.4 Å². The summed E-state index contributed by atoms with van der Waals surface area (Å²) in [4.78, 5) is 25.1. The van der Waals surface area contributed by atoms with Crippen molar-refractivity contribution >= 4 is 17.9 Å². The Balaban J connectivity index is 1.52. The first kappa shape index (κ1) is 18.9. The van der Waals surface area contributed by atoms with Crippen LogP contribution in [0.5, 0.6) is 0 Å². The van der Waals surface area contributed by atoms with E-state index in [4.69, 9.17) is 0 Å². The fourth-order valence-electron chi connectivity index (χ4n) is 3.19. The topological polar surface area (TPSA) is 49.4 Å². The number of nitrogens with zero attached hydrogens (tertiary/aromatic N) is 1. The van der Waals surface area contributed by atoms with E-state index in [1.54, 1.807) is 12.1 Å². The number of carbonyl (C=O) groups excluding carboxylic acids is 2. The van der Waals surface area contributed by atoms with Crippen LogP contribution in [0.1, 0.15) is 28.8 Å². The van der Waals surface area contributed by atoms with Gasteiger partial charge < -0.3 is 10.2 Å². The van der Waals surface area contributed by atoms with Crippen LogP contribution in [0, 0.1) is 23.4 Å². The molecule has 0 aliphatic carbocycles. The molecule has 1 heterocycles. The minimum absolute atomic E-state index is 0.0880. The molecule has 0 unspecified atom stereocenters. The van der Waals surface area contributed by atoms with E-state index in [1.807, 2.05) is 12.1 Å². The van der Waals surface area contributed by atoms with Crippen molar-refractivity contribution in [3.8, 4) is 0 Å². The lowest BCUT2D eigenvalue weighted by Gasteiger charge is -2.33. The Hall–Kier alpha value is -2.83. The van der Waals surface area contributed by atoms with Crippen LogP contribution >= 0.6 is 0 Å². The predicted octanol–water partition coefficient (Wildman–Crippen LogP) is 3.45. The first-order valence-corrected chi connectivity index (χ1v) is 8.69. The monoisotopic (exact) mass is 376 g/mol. The van der Waals surface area contributed by atoms with Gasteiger partial charge in [-0.3, -0.25) is 9.59 Å². The Morgan fingerprint density at radius 3 is 2.30 bits per heavy atom. The lowest BCUT2D eigenvalue weighted by molar-refractivity contribution is -0.125. The summed E-state index contributed by atoms with van der Waals surface area (Å²) in [6.07, 6.45) is 2.04. The van der Waals surface area contributed by atoms with E-state index < -0.39 is 17.5 Å². The molecule has 0 radical (unpaired) electrons. The summed E-state index contributed by atoms with van der Waals surface area (Å²) < 4.78 is 39.8. The van der Waals surface area contributed by atoms with Gasteiger partial charge in [0.1, 0.15) is 12.1 Å². The second kappa shape index (κ2) is 8.24. The van der Waals surface area contributed by atoms with E-state index in [0.29, 0.717) is 37.6 Å². The van der Waals surface area contributed by atoms with Crippen LogP contribution in [0.2, 0.25) is 0 Å². The Labute approximate surface area is 155 Å². The Morgan fingerprint density at radius 2 is 1.67 bits per heavy atom. The zero-order chi connectivity index (χ0) is 19.4. The smallest absolute Gasteiger partial charge is 0.223 e. The third-order valence-electron chi connectivity index (χ3n) is 4.80. The summed E-state index contributed by atoms with van der Waals surface area (Å²) in [7, 11) is 0. The number of aldehydes is 1. The highest BCUT2D eigenvalue weighted by Crippen LogP contribution is 2.24. The molecule has 2 aromatic carbocycles. The third kappa shape index (κ3) is 4.48. The number of carbonyl (C=O) groups is 2. The number of hydrogen-bond acceptors (Lipinski definition) is 3. The van der Waals surface area contributed by atoms with E-state index >= 15 is 0 Å². The van der Waals surface area contributed by atoms with E-state index in [0.717, 1.165) is 18.0 Å². The third-order valence-corrected chi connectivity index (χ3v) is 4.80. The van der Waals surface area contributed by atoms with Crippen LogP contribution in [0.15, 0.2) is 36.4 Å². The van der Waals surface area contributed by atoms with E-state index in [1.165, 1.54) is 0 Å². The molecule has 7 heteroatoms. The predicted molar refractivity (Wildman–Crippen MR) is 94.9 cm³/mol. The number of amides is 1. The number of rotatable bonds is 5. The van der Waals surface area contributed by atoms with Crippen molar-refractivity contribution in [1.29, 1.82) is 0 Å². The average molecular weight is 376 g/mol. The van der Waals surface area contributed by atoms with Crippen molar-refractivity contribution in [1.82, 2.24) is 5.32 Å². The first-order valence-electron chi connectivity index (χ1n) is 8.69. The molecule has 1 aliphatic heterocycles. The van der Waals surface area contributed by atoms with Gasteiger partial charge in [-0.1, -0.05) is 0 Å². The number of piperidine rings is 1. The minimum atomic E-state index is -1.25. The summed E-state index contributed by atoms with van der Waals surface area (Å²) in [6.45, 7) is 1.17. The number of hydrogen-bond donors (Lipinski definition) is 1. The standard InChI is InChI=1S/C20H19F3N2O2/c21-17-10-19(23)18(22)9-15(17)11-24-20(27)14-5-7-25(8-6-14)16-3-1-13(12-26)2-4-16/h1-4,9-10,12,14H,5-8,11H2,(H,24,27). The highest BCUT2D eigenvalue weighted by Gasteiger charge is 2.25. The largest absolute Gasteiger partial charge is 0.371 e. The molecule has 0 bridgehead atoms. The maximum atomic E-state index is 13.6. The summed E-state index contributed by atoms with van der Waals surface area (Å²) in [5.41, 5.74) is 1.51. The van der Waals surface area contributed by atoms with Crippen LogP contribution in [-0.4, -0.2) is 25.3 Å². The van der Waals surface area contributed by atoms with Gasteiger partial charge in [-0.25, -0.2) is 13.2 Å². The summed E-state index contributed by atoms with van der Waals surface area (Å²) >= 11 is 0. The molecular weight excluding hydrogens is 357 g/mol. The maximum absolute atomic E-state index is 13.6. The molecule has 0 saturated carbocycles. The van der Waals surface area contributed by atoms with Crippen molar-refractivity contribution < 1.29 is 22.8 Å². The maximum Gasteiger partial charge on any atom is 0.223 e. The Morgan fingerprint density at radius 1 is 1.04 bits per heavy atom. The van der Waals surface area contributed by atoms with Gasteiger partial charge in [0.05, 0.1) is 0 Å². The van der Waals surface area contributed by atoms with Gasteiger partial charge in [-0.05, 0) is 43.2 Å². The second-order valence-corrected chi connectivity index (χ2v) is 6.55. The quantitative estimate of drug-likeness (QED) is 0.642. The summed E-state index contributed by atoms with van der Waals surface area (Å²) in [6, 6.07) is 8.47. The van der Waals surface area contributed by atoms with Crippen LogP contribution < -0.4 is 10.2 Å². The highest BCUT2D eigenvalue weighted by atomic mass is 19.2. The summed E-state index contributed by atoms with van der Waals surface area (Å²) in [5, 5.41) is 2.60. The van der Waals surface area contributed by atoms with E-state index in [9.17, 15) is 22.8 Å². The average Bonchev–Trinajstić information content (AvgIpc) is 2.69. The zero-order valence-corrected chi connectivity index (χ0v) is 14.6.